The van der Waals surface area contributed by atoms with Crippen LogP contribution in [0.4, 0.5) is 0 Å². The molecule has 0 saturated heterocycles. The van der Waals surface area contributed by atoms with Crippen molar-refractivity contribution in [2.45, 2.75) is 19.3 Å². The zero-order chi connectivity index (χ0) is 13.3. The lowest BCUT2D eigenvalue weighted by molar-refractivity contribution is -0.142. The number of hydrogen-bond acceptors (Lipinski definition) is 3. The highest BCUT2D eigenvalue weighted by Gasteiger charge is 2.32. The molecule has 0 spiro atoms. The molecule has 1 N–H and O–H groups in total. The third kappa shape index (κ3) is 2.15. The van der Waals surface area contributed by atoms with E-state index in [9.17, 15) is 4.79 Å². The smallest absolute Gasteiger partial charge is 0.315 e. The maximum Gasteiger partial charge on any atom is 0.315 e. The standard InChI is InChI=1S/C12H12BrN3O2/c1-12(2,11(17)18)10-7-16(15-14-10)9-6-4-3-5-8(9)13/h3-7H,1-2H3,(H,17,18). The molecule has 0 atom stereocenters. The predicted molar refractivity (Wildman–Crippen MR) is 69.7 cm³/mol. The Labute approximate surface area is 113 Å². The molecule has 18 heavy (non-hydrogen) atoms. The number of carbonyl (C=O) groups is 1. The van der Waals surface area contributed by atoms with E-state index in [1.165, 1.54) is 0 Å². The summed E-state index contributed by atoms with van der Waals surface area (Å²) in [5.74, 6) is -0.929. The van der Waals surface area contributed by atoms with Gasteiger partial charge >= 0.3 is 5.97 Å². The fourth-order valence-corrected chi connectivity index (χ4v) is 1.88. The van der Waals surface area contributed by atoms with Gasteiger partial charge in [0.25, 0.3) is 0 Å². The molecular formula is C12H12BrN3O2. The molecule has 0 aliphatic rings. The lowest BCUT2D eigenvalue weighted by atomic mass is 9.90. The van der Waals surface area contributed by atoms with Crippen molar-refractivity contribution in [1.82, 2.24) is 15.0 Å². The number of hydrogen-bond donors (Lipinski definition) is 1. The van der Waals surface area contributed by atoms with Crippen LogP contribution < -0.4 is 0 Å². The molecule has 1 aromatic heterocycles. The van der Waals surface area contributed by atoms with Crippen LogP contribution >= 0.6 is 15.9 Å². The Kier molecular flexibility index (Phi) is 3.21. The predicted octanol–water partition coefficient (Wildman–Crippen LogP) is 2.39. The monoisotopic (exact) mass is 309 g/mol. The van der Waals surface area contributed by atoms with Crippen molar-refractivity contribution in [3.63, 3.8) is 0 Å². The van der Waals surface area contributed by atoms with Crippen molar-refractivity contribution in [1.29, 1.82) is 0 Å². The molecule has 0 aliphatic carbocycles. The SMILES string of the molecule is CC(C)(C(=O)O)c1cn(-c2ccccc2Br)nn1. The van der Waals surface area contributed by atoms with Gasteiger partial charge in [0.1, 0.15) is 5.41 Å². The Morgan fingerprint density at radius 1 is 1.39 bits per heavy atom. The van der Waals surface area contributed by atoms with Gasteiger partial charge in [0.15, 0.2) is 0 Å². The summed E-state index contributed by atoms with van der Waals surface area (Å²) in [4.78, 5) is 11.1. The molecule has 5 nitrogen and oxygen atoms in total. The molecule has 0 bridgehead atoms. The molecule has 0 radical (unpaired) electrons. The number of halogens is 1. The van der Waals surface area contributed by atoms with Gasteiger partial charge in [-0.25, -0.2) is 4.68 Å². The molecule has 2 rings (SSSR count). The average Bonchev–Trinajstić information content (AvgIpc) is 2.79. The fraction of sp³-hybridized carbons (Fsp3) is 0.250. The Balaban J connectivity index is 2.44. The summed E-state index contributed by atoms with van der Waals surface area (Å²) in [6.07, 6.45) is 1.63. The van der Waals surface area contributed by atoms with Crippen LogP contribution in [0.25, 0.3) is 5.69 Å². The van der Waals surface area contributed by atoms with Crippen molar-refractivity contribution >= 4 is 21.9 Å². The molecule has 6 heteroatoms. The maximum absolute atomic E-state index is 11.1. The van der Waals surface area contributed by atoms with Gasteiger partial charge in [0.05, 0.1) is 17.6 Å². The third-order valence-corrected chi connectivity index (χ3v) is 3.44. The molecule has 94 valence electrons. The van der Waals surface area contributed by atoms with Crippen LogP contribution in [-0.2, 0) is 10.2 Å². The highest BCUT2D eigenvalue weighted by molar-refractivity contribution is 9.10. The number of aromatic nitrogens is 3. The maximum atomic E-state index is 11.1. The molecular weight excluding hydrogens is 298 g/mol. The number of para-hydroxylation sites is 1. The van der Waals surface area contributed by atoms with Crippen LogP contribution in [0.15, 0.2) is 34.9 Å². The van der Waals surface area contributed by atoms with Crippen molar-refractivity contribution < 1.29 is 9.90 Å². The molecule has 1 aromatic carbocycles. The van der Waals surface area contributed by atoms with Gasteiger partial charge < -0.3 is 5.11 Å². The summed E-state index contributed by atoms with van der Waals surface area (Å²) in [6, 6.07) is 7.53. The number of nitrogens with zero attached hydrogens (tertiary/aromatic N) is 3. The minimum absolute atomic E-state index is 0.422. The summed E-state index contributed by atoms with van der Waals surface area (Å²) >= 11 is 3.42. The van der Waals surface area contributed by atoms with E-state index in [0.29, 0.717) is 5.69 Å². The van der Waals surface area contributed by atoms with Gasteiger partial charge in [-0.2, -0.15) is 0 Å². The fourth-order valence-electron chi connectivity index (χ4n) is 1.42. The molecule has 0 amide bonds. The van der Waals surface area contributed by atoms with Gasteiger partial charge in [0, 0.05) is 4.47 Å². The van der Waals surface area contributed by atoms with Crippen LogP contribution in [0.1, 0.15) is 19.5 Å². The second-order valence-corrected chi connectivity index (χ2v) is 5.28. The summed E-state index contributed by atoms with van der Waals surface area (Å²) in [7, 11) is 0. The molecule has 0 saturated carbocycles. The lowest BCUT2D eigenvalue weighted by Crippen LogP contribution is -2.28. The molecule has 0 fully saturated rings. The minimum atomic E-state index is -1.06. The van der Waals surface area contributed by atoms with E-state index < -0.39 is 11.4 Å². The molecule has 1 heterocycles. The number of rotatable bonds is 3. The first-order chi connectivity index (χ1) is 8.43. The van der Waals surface area contributed by atoms with E-state index in [2.05, 4.69) is 26.2 Å². The van der Waals surface area contributed by atoms with Crippen LogP contribution in [-0.4, -0.2) is 26.1 Å². The van der Waals surface area contributed by atoms with Gasteiger partial charge in [-0.3, -0.25) is 4.79 Å². The van der Waals surface area contributed by atoms with E-state index in [0.717, 1.165) is 10.2 Å². The first-order valence-corrected chi connectivity index (χ1v) is 6.13. The zero-order valence-corrected chi connectivity index (χ0v) is 11.5. The second-order valence-electron chi connectivity index (χ2n) is 4.43. The largest absolute Gasteiger partial charge is 0.481 e. The second kappa shape index (κ2) is 4.53. The zero-order valence-electron chi connectivity index (χ0n) is 9.96. The molecule has 0 unspecified atom stereocenters. The van der Waals surface area contributed by atoms with Crippen LogP contribution in [0.3, 0.4) is 0 Å². The lowest BCUT2D eigenvalue weighted by Gasteiger charge is -2.14. The first kappa shape index (κ1) is 12.8. The van der Waals surface area contributed by atoms with Gasteiger partial charge in [-0.05, 0) is 41.9 Å². The Bertz CT molecular complexity index is 593. The Hall–Kier alpha value is -1.69. The summed E-state index contributed by atoms with van der Waals surface area (Å²) in [5, 5.41) is 17.1. The number of aliphatic carboxylic acids is 1. The van der Waals surface area contributed by atoms with Gasteiger partial charge in [-0.1, -0.05) is 17.3 Å². The first-order valence-electron chi connectivity index (χ1n) is 5.34. The summed E-state index contributed by atoms with van der Waals surface area (Å²) < 4.78 is 2.43. The Morgan fingerprint density at radius 2 is 2.06 bits per heavy atom. The van der Waals surface area contributed by atoms with Gasteiger partial charge in [-0.15, -0.1) is 5.10 Å². The van der Waals surface area contributed by atoms with Crippen LogP contribution in [0.5, 0.6) is 0 Å². The quantitative estimate of drug-likeness (QED) is 0.945. The van der Waals surface area contributed by atoms with Crippen molar-refractivity contribution in [2.24, 2.45) is 0 Å². The molecule has 2 aromatic rings. The van der Waals surface area contributed by atoms with E-state index in [-0.39, 0.29) is 0 Å². The van der Waals surface area contributed by atoms with Crippen LogP contribution in [0, 0.1) is 0 Å². The highest BCUT2D eigenvalue weighted by atomic mass is 79.9. The Morgan fingerprint density at radius 3 is 2.67 bits per heavy atom. The highest BCUT2D eigenvalue weighted by Crippen LogP contribution is 2.24. The number of benzene rings is 1. The van der Waals surface area contributed by atoms with Crippen LogP contribution in [0.2, 0.25) is 0 Å². The normalized spacial score (nSPS) is 11.5. The van der Waals surface area contributed by atoms with E-state index in [4.69, 9.17) is 5.11 Å². The summed E-state index contributed by atoms with van der Waals surface area (Å²) in [6.45, 7) is 3.20. The third-order valence-electron chi connectivity index (χ3n) is 2.77. The number of carboxylic acid groups (broad SMARTS) is 1. The number of carboxylic acids is 1. The van der Waals surface area contributed by atoms with Crippen molar-refractivity contribution in [2.75, 3.05) is 0 Å². The van der Waals surface area contributed by atoms with E-state index >= 15 is 0 Å². The van der Waals surface area contributed by atoms with Crippen molar-refractivity contribution in [3.05, 3.63) is 40.6 Å². The minimum Gasteiger partial charge on any atom is -0.481 e. The topological polar surface area (TPSA) is 68.0 Å². The average molecular weight is 310 g/mol. The van der Waals surface area contributed by atoms with Crippen molar-refractivity contribution in [3.8, 4) is 5.69 Å². The molecule has 0 aliphatic heterocycles. The van der Waals surface area contributed by atoms with E-state index in [1.54, 1.807) is 24.7 Å². The summed E-state index contributed by atoms with van der Waals surface area (Å²) in [5.41, 5.74) is 0.183. The van der Waals surface area contributed by atoms with E-state index in [1.807, 2.05) is 24.3 Å². The van der Waals surface area contributed by atoms with Gasteiger partial charge in [0.2, 0.25) is 0 Å².